The van der Waals surface area contributed by atoms with E-state index in [-0.39, 0.29) is 0 Å². The second-order valence-electron chi connectivity index (χ2n) is 7.42. The molecule has 0 spiro atoms. The Bertz CT molecular complexity index is 797. The minimum Gasteiger partial charge on any atom is -0.487 e. The first-order chi connectivity index (χ1) is 17.5. The van der Waals surface area contributed by atoms with Gasteiger partial charge in [-0.05, 0) is 24.3 Å². The Hall–Kier alpha value is -1.12. The Kier molecular flexibility index (Phi) is 13.6. The molecule has 0 saturated carbocycles. The van der Waals surface area contributed by atoms with Gasteiger partial charge in [-0.15, -0.1) is 50.5 Å². The highest BCUT2D eigenvalue weighted by Crippen LogP contribution is 2.35. The van der Waals surface area contributed by atoms with Crippen LogP contribution in [-0.4, -0.2) is 79.3 Å². The van der Waals surface area contributed by atoms with Gasteiger partial charge in [0.1, 0.15) is 26.4 Å². The third kappa shape index (κ3) is 10.3. The highest BCUT2D eigenvalue weighted by atomic mass is 32.1. The summed E-state index contributed by atoms with van der Waals surface area (Å²) in [4.78, 5) is 2.79. The van der Waals surface area contributed by atoms with Gasteiger partial charge in [-0.3, -0.25) is 0 Å². The number of hydrogen-bond donors (Lipinski definition) is 4. The molecule has 0 radical (unpaired) electrons. The van der Waals surface area contributed by atoms with Crippen molar-refractivity contribution in [1.82, 2.24) is 0 Å². The highest BCUT2D eigenvalue weighted by Gasteiger charge is 2.11. The van der Waals surface area contributed by atoms with E-state index in [2.05, 4.69) is 50.5 Å². The zero-order valence-electron chi connectivity index (χ0n) is 19.8. The average molecular weight is 577 g/mol. The summed E-state index contributed by atoms with van der Waals surface area (Å²) in [6.45, 7) is 4.71. The fourth-order valence-electron chi connectivity index (χ4n) is 3.01. The van der Waals surface area contributed by atoms with Crippen LogP contribution in [0, 0.1) is 0 Å². The van der Waals surface area contributed by atoms with Crippen LogP contribution >= 0.6 is 50.5 Å². The van der Waals surface area contributed by atoms with E-state index in [1.165, 1.54) is 0 Å². The number of thiol groups is 4. The van der Waals surface area contributed by atoms with Gasteiger partial charge in [0.25, 0.3) is 0 Å². The van der Waals surface area contributed by atoms with Gasteiger partial charge in [-0.1, -0.05) is 0 Å². The Morgan fingerprint density at radius 3 is 0.750 bits per heavy atom. The van der Waals surface area contributed by atoms with Crippen molar-refractivity contribution >= 4 is 50.5 Å². The van der Waals surface area contributed by atoms with Gasteiger partial charge in [0.05, 0.1) is 52.9 Å². The van der Waals surface area contributed by atoms with E-state index in [0.29, 0.717) is 122 Å². The van der Waals surface area contributed by atoms with Crippen LogP contribution in [0.15, 0.2) is 43.8 Å². The molecule has 0 aromatic heterocycles. The number of benzene rings is 2. The number of ether oxygens (including phenoxy) is 8. The van der Waals surface area contributed by atoms with Crippen molar-refractivity contribution in [3.8, 4) is 23.0 Å². The summed E-state index contributed by atoms with van der Waals surface area (Å²) in [6, 6.07) is 7.10. The van der Waals surface area contributed by atoms with E-state index in [1.54, 1.807) is 24.3 Å². The van der Waals surface area contributed by atoms with E-state index in [4.69, 9.17) is 37.9 Å². The van der Waals surface area contributed by atoms with Crippen molar-refractivity contribution in [2.45, 2.75) is 19.6 Å². The lowest BCUT2D eigenvalue weighted by atomic mass is 10.3. The van der Waals surface area contributed by atoms with Crippen LogP contribution in [0.2, 0.25) is 0 Å². The van der Waals surface area contributed by atoms with Crippen molar-refractivity contribution in [2.24, 2.45) is 0 Å². The molecule has 0 unspecified atom stereocenters. The van der Waals surface area contributed by atoms with Gasteiger partial charge in [0.2, 0.25) is 0 Å². The fourth-order valence-corrected chi connectivity index (χ4v) is 3.74. The predicted octanol–water partition coefficient (Wildman–Crippen LogP) is 4.14. The summed E-state index contributed by atoms with van der Waals surface area (Å²) in [5.74, 6) is 2.29. The Labute approximate surface area is 233 Å². The number of rotatable bonds is 0. The zero-order valence-corrected chi connectivity index (χ0v) is 23.4. The van der Waals surface area contributed by atoms with E-state index in [0.717, 1.165) is 0 Å². The molecule has 200 valence electrons. The largest absolute Gasteiger partial charge is 0.487 e. The predicted molar refractivity (Wildman–Crippen MR) is 147 cm³/mol. The molecule has 0 fully saturated rings. The maximum absolute atomic E-state index is 5.83. The lowest BCUT2D eigenvalue weighted by Crippen LogP contribution is -2.15. The first kappa shape index (κ1) is 29.4. The molecule has 2 aromatic rings. The minimum atomic E-state index is 0.350. The molecule has 8 nitrogen and oxygen atoms in total. The monoisotopic (exact) mass is 576 g/mol. The molecule has 1 aliphatic heterocycles. The summed E-state index contributed by atoms with van der Waals surface area (Å²) in [6.07, 6.45) is 0. The maximum Gasteiger partial charge on any atom is 0.162 e. The smallest absolute Gasteiger partial charge is 0.162 e. The standard InChI is InChI=1S/C24H32O8S4/c33-21-13-17-18(14-22(21)34)31-11-7-27-3-4-28-8-12-32-20-16-24(36)23(35)15-19(20)30-10-6-26-2-1-25-5-9-29-17/h13-16,33-36H,1-12H2. The second kappa shape index (κ2) is 16.7. The second-order valence-corrected chi connectivity index (χ2v) is 9.35. The normalized spacial score (nSPS) is 17.7. The molecule has 0 N–H and O–H groups in total. The van der Waals surface area contributed by atoms with E-state index in [1.807, 2.05) is 0 Å². The molecule has 0 aliphatic carbocycles. The SMILES string of the molecule is Sc1cc2c(cc1S)OCCOCCOCCOc1cc(S)c(S)cc1OCCOCCOCCO2. The Morgan fingerprint density at radius 1 is 0.333 bits per heavy atom. The van der Waals surface area contributed by atoms with Crippen LogP contribution in [0.1, 0.15) is 0 Å². The molecule has 12 heteroatoms. The molecule has 0 atom stereocenters. The van der Waals surface area contributed by atoms with Crippen molar-refractivity contribution in [3.05, 3.63) is 24.3 Å². The molecule has 0 amide bonds. The van der Waals surface area contributed by atoms with Gasteiger partial charge in [0.15, 0.2) is 23.0 Å². The van der Waals surface area contributed by atoms with Crippen LogP contribution in [0.3, 0.4) is 0 Å². The molecule has 0 saturated heterocycles. The topological polar surface area (TPSA) is 73.8 Å². The summed E-state index contributed by atoms with van der Waals surface area (Å²) in [5, 5.41) is 0. The summed E-state index contributed by atoms with van der Waals surface area (Å²) < 4.78 is 45.7. The van der Waals surface area contributed by atoms with Crippen LogP contribution in [0.4, 0.5) is 0 Å². The molecule has 0 bridgehead atoms. The third-order valence-electron chi connectivity index (χ3n) is 4.77. The summed E-state index contributed by atoms with van der Waals surface area (Å²) in [5.41, 5.74) is 0. The molecule has 36 heavy (non-hydrogen) atoms. The van der Waals surface area contributed by atoms with Crippen LogP contribution < -0.4 is 18.9 Å². The first-order valence-corrected chi connectivity index (χ1v) is 13.3. The third-order valence-corrected chi connectivity index (χ3v) is 6.60. The van der Waals surface area contributed by atoms with Gasteiger partial charge >= 0.3 is 0 Å². The van der Waals surface area contributed by atoms with Crippen LogP contribution in [-0.2, 0) is 18.9 Å². The lowest BCUT2D eigenvalue weighted by molar-refractivity contribution is 0.0222. The Morgan fingerprint density at radius 2 is 0.528 bits per heavy atom. The van der Waals surface area contributed by atoms with Crippen molar-refractivity contribution in [3.63, 3.8) is 0 Å². The van der Waals surface area contributed by atoms with Gasteiger partial charge in [-0.25, -0.2) is 0 Å². The Balaban J connectivity index is 1.52. The number of hydrogen-bond acceptors (Lipinski definition) is 12. The van der Waals surface area contributed by atoms with Gasteiger partial charge in [-0.2, -0.15) is 0 Å². The lowest BCUT2D eigenvalue weighted by Gasteiger charge is -2.16. The molecule has 1 aliphatic rings. The minimum absolute atomic E-state index is 0.350. The molecular formula is C24H32O8S4. The van der Waals surface area contributed by atoms with Crippen molar-refractivity contribution in [2.75, 3.05) is 79.3 Å². The first-order valence-electron chi connectivity index (χ1n) is 11.5. The van der Waals surface area contributed by atoms with E-state index in [9.17, 15) is 0 Å². The van der Waals surface area contributed by atoms with Gasteiger partial charge < -0.3 is 37.9 Å². The fraction of sp³-hybridized carbons (Fsp3) is 0.500. The highest BCUT2D eigenvalue weighted by molar-refractivity contribution is 7.83. The van der Waals surface area contributed by atoms with Crippen LogP contribution in [0.25, 0.3) is 0 Å². The summed E-state index contributed by atoms with van der Waals surface area (Å²) >= 11 is 17.6. The molecule has 1 heterocycles. The van der Waals surface area contributed by atoms with Gasteiger partial charge in [0, 0.05) is 19.6 Å². The molecule has 2 aromatic carbocycles. The van der Waals surface area contributed by atoms with E-state index >= 15 is 0 Å². The molecular weight excluding hydrogens is 545 g/mol. The zero-order chi connectivity index (χ0) is 25.6. The van der Waals surface area contributed by atoms with Crippen molar-refractivity contribution in [1.29, 1.82) is 0 Å². The van der Waals surface area contributed by atoms with E-state index < -0.39 is 0 Å². The average Bonchev–Trinajstić information content (AvgIpc) is 2.85. The number of fused-ring (bicyclic) bond motifs is 2. The maximum atomic E-state index is 5.83. The van der Waals surface area contributed by atoms with Crippen LogP contribution in [0.5, 0.6) is 23.0 Å². The summed E-state index contributed by atoms with van der Waals surface area (Å²) in [7, 11) is 0. The van der Waals surface area contributed by atoms with Crippen molar-refractivity contribution < 1.29 is 37.9 Å². The quantitative estimate of drug-likeness (QED) is 0.349. The molecule has 3 rings (SSSR count).